The van der Waals surface area contributed by atoms with Gasteiger partial charge in [0.25, 0.3) is 5.91 Å². The van der Waals surface area contributed by atoms with Crippen molar-refractivity contribution in [1.29, 1.82) is 0 Å². The number of piperazine rings is 1. The molecule has 2 aliphatic rings. The number of pyridine rings is 1. The molecular weight excluding hydrogens is 348 g/mol. The van der Waals surface area contributed by atoms with Gasteiger partial charge in [-0.05, 0) is 42.5 Å². The molecule has 5 nitrogen and oxygen atoms in total. The molecular formula is C23H30N4O. The zero-order chi connectivity index (χ0) is 19.3. The molecule has 0 spiro atoms. The summed E-state index contributed by atoms with van der Waals surface area (Å²) < 4.78 is 0. The van der Waals surface area contributed by atoms with Gasteiger partial charge in [0.15, 0.2) is 0 Å². The minimum atomic E-state index is 0.121. The topological polar surface area (TPSA) is 39.7 Å². The largest absolute Gasteiger partial charge is 0.354 e. The number of carbonyl (C=O) groups is 1. The minimum Gasteiger partial charge on any atom is -0.354 e. The van der Waals surface area contributed by atoms with Gasteiger partial charge in [0, 0.05) is 52.0 Å². The van der Waals surface area contributed by atoms with Crippen molar-refractivity contribution in [3.8, 4) is 0 Å². The van der Waals surface area contributed by atoms with Crippen LogP contribution in [-0.2, 0) is 13.0 Å². The van der Waals surface area contributed by atoms with Crippen LogP contribution in [0.15, 0.2) is 42.6 Å². The predicted octanol–water partition coefficient (Wildman–Crippen LogP) is 3.20. The summed E-state index contributed by atoms with van der Waals surface area (Å²) in [6, 6.07) is 12.7. The van der Waals surface area contributed by atoms with E-state index in [1.165, 1.54) is 11.1 Å². The Kier molecular flexibility index (Phi) is 5.91. The molecule has 0 aliphatic carbocycles. The highest BCUT2D eigenvalue weighted by atomic mass is 16.2. The Bertz CT molecular complexity index is 791. The summed E-state index contributed by atoms with van der Waals surface area (Å²) >= 11 is 0. The van der Waals surface area contributed by atoms with Gasteiger partial charge in [-0.25, -0.2) is 4.98 Å². The van der Waals surface area contributed by atoms with Crippen LogP contribution in [0.25, 0.3) is 0 Å². The molecule has 2 fully saturated rings. The molecule has 0 unspecified atom stereocenters. The Morgan fingerprint density at radius 1 is 0.929 bits per heavy atom. The number of hydrogen-bond acceptors (Lipinski definition) is 4. The third-order valence-electron chi connectivity index (χ3n) is 5.98. The summed E-state index contributed by atoms with van der Waals surface area (Å²) in [5, 5.41) is 0. The van der Waals surface area contributed by atoms with Gasteiger partial charge in [0.2, 0.25) is 0 Å². The highest BCUT2D eigenvalue weighted by molar-refractivity contribution is 5.94. The summed E-state index contributed by atoms with van der Waals surface area (Å²) in [7, 11) is 0. The molecule has 2 aliphatic heterocycles. The minimum absolute atomic E-state index is 0.121. The normalized spacial score (nSPS) is 17.9. The van der Waals surface area contributed by atoms with Crippen LogP contribution in [-0.4, -0.2) is 60.0 Å². The highest BCUT2D eigenvalue weighted by Crippen LogP contribution is 2.19. The Balaban J connectivity index is 1.33. The Morgan fingerprint density at radius 2 is 1.64 bits per heavy atom. The van der Waals surface area contributed by atoms with E-state index >= 15 is 0 Å². The Morgan fingerprint density at radius 3 is 2.29 bits per heavy atom. The molecule has 148 valence electrons. The zero-order valence-corrected chi connectivity index (χ0v) is 16.8. The molecule has 0 bridgehead atoms. The summed E-state index contributed by atoms with van der Waals surface area (Å²) in [5.41, 5.74) is 3.60. The lowest BCUT2D eigenvalue weighted by molar-refractivity contribution is 0.0792. The van der Waals surface area contributed by atoms with Crippen molar-refractivity contribution in [1.82, 2.24) is 14.8 Å². The van der Waals surface area contributed by atoms with Gasteiger partial charge in [0.1, 0.15) is 5.82 Å². The molecule has 0 radical (unpaired) electrons. The average Bonchev–Trinajstić information content (AvgIpc) is 3.29. The second-order valence-corrected chi connectivity index (χ2v) is 7.79. The van der Waals surface area contributed by atoms with Crippen molar-refractivity contribution in [2.45, 2.75) is 32.7 Å². The highest BCUT2D eigenvalue weighted by Gasteiger charge is 2.21. The second-order valence-electron chi connectivity index (χ2n) is 7.79. The van der Waals surface area contributed by atoms with E-state index in [1.54, 1.807) is 6.20 Å². The van der Waals surface area contributed by atoms with Crippen LogP contribution in [0, 0.1) is 0 Å². The van der Waals surface area contributed by atoms with Crippen molar-refractivity contribution < 1.29 is 4.79 Å². The Hall–Kier alpha value is -2.40. The molecule has 4 rings (SSSR count). The summed E-state index contributed by atoms with van der Waals surface area (Å²) in [5.74, 6) is 1.10. The number of aromatic nitrogens is 1. The standard InChI is InChI=1S/C23H30N4O/c1-2-19-7-3-4-8-21(19)18-25-13-15-26(16-14-25)22-10-9-20(17-24-22)23(28)27-11-5-6-12-27/h3-4,7-10,17H,2,5-6,11-16,18H2,1H3. The van der Waals surface area contributed by atoms with Crippen molar-refractivity contribution in [2.75, 3.05) is 44.2 Å². The van der Waals surface area contributed by atoms with E-state index in [1.807, 2.05) is 17.0 Å². The van der Waals surface area contributed by atoms with Crippen LogP contribution in [0.4, 0.5) is 5.82 Å². The Labute approximate surface area is 168 Å². The van der Waals surface area contributed by atoms with E-state index in [4.69, 9.17) is 0 Å². The molecule has 1 aromatic heterocycles. The van der Waals surface area contributed by atoms with Gasteiger partial charge >= 0.3 is 0 Å². The van der Waals surface area contributed by atoms with Gasteiger partial charge in [-0.1, -0.05) is 31.2 Å². The van der Waals surface area contributed by atoms with Crippen molar-refractivity contribution in [2.24, 2.45) is 0 Å². The molecule has 5 heteroatoms. The fourth-order valence-corrected chi connectivity index (χ4v) is 4.24. The smallest absolute Gasteiger partial charge is 0.255 e. The van der Waals surface area contributed by atoms with E-state index in [0.717, 1.165) is 70.9 Å². The van der Waals surface area contributed by atoms with Crippen LogP contribution in [0.1, 0.15) is 41.3 Å². The molecule has 3 heterocycles. The number of rotatable bonds is 5. The molecule has 1 aromatic carbocycles. The van der Waals surface area contributed by atoms with E-state index in [2.05, 4.69) is 46.0 Å². The average molecular weight is 379 g/mol. The zero-order valence-electron chi connectivity index (χ0n) is 16.8. The summed E-state index contributed by atoms with van der Waals surface area (Å²) in [6.45, 7) is 9.02. The van der Waals surface area contributed by atoms with E-state index in [0.29, 0.717) is 5.56 Å². The predicted molar refractivity (Wildman–Crippen MR) is 113 cm³/mol. The molecule has 28 heavy (non-hydrogen) atoms. The third kappa shape index (κ3) is 4.20. The first-order chi connectivity index (χ1) is 13.7. The fraction of sp³-hybridized carbons (Fsp3) is 0.478. The lowest BCUT2D eigenvalue weighted by Crippen LogP contribution is -2.46. The molecule has 0 saturated carbocycles. The number of benzene rings is 1. The first kappa shape index (κ1) is 18.9. The number of carbonyl (C=O) groups excluding carboxylic acids is 1. The van der Waals surface area contributed by atoms with Crippen molar-refractivity contribution >= 4 is 11.7 Å². The van der Waals surface area contributed by atoms with Crippen LogP contribution >= 0.6 is 0 Å². The van der Waals surface area contributed by atoms with Crippen LogP contribution in [0.5, 0.6) is 0 Å². The van der Waals surface area contributed by atoms with Gasteiger partial charge in [-0.2, -0.15) is 0 Å². The summed E-state index contributed by atoms with van der Waals surface area (Å²) in [4.78, 5) is 23.8. The van der Waals surface area contributed by atoms with Gasteiger partial charge in [-0.3, -0.25) is 9.69 Å². The molecule has 2 aromatic rings. The van der Waals surface area contributed by atoms with E-state index in [9.17, 15) is 4.79 Å². The van der Waals surface area contributed by atoms with Crippen LogP contribution < -0.4 is 4.90 Å². The number of likely N-dealkylation sites (tertiary alicyclic amines) is 1. The summed E-state index contributed by atoms with van der Waals surface area (Å²) in [6.07, 6.45) is 5.07. The van der Waals surface area contributed by atoms with Gasteiger partial charge in [0.05, 0.1) is 5.56 Å². The maximum Gasteiger partial charge on any atom is 0.255 e. The first-order valence-corrected chi connectivity index (χ1v) is 10.5. The molecule has 2 saturated heterocycles. The first-order valence-electron chi connectivity index (χ1n) is 10.5. The SMILES string of the molecule is CCc1ccccc1CN1CCN(c2ccc(C(=O)N3CCCC3)cn2)CC1. The quantitative estimate of drug-likeness (QED) is 0.801. The third-order valence-corrected chi connectivity index (χ3v) is 5.98. The van der Waals surface area contributed by atoms with Crippen LogP contribution in [0.2, 0.25) is 0 Å². The maximum atomic E-state index is 12.5. The second kappa shape index (κ2) is 8.74. The van der Waals surface area contributed by atoms with Crippen molar-refractivity contribution in [3.63, 3.8) is 0 Å². The maximum absolute atomic E-state index is 12.5. The van der Waals surface area contributed by atoms with Crippen LogP contribution in [0.3, 0.4) is 0 Å². The number of amides is 1. The monoisotopic (exact) mass is 378 g/mol. The van der Waals surface area contributed by atoms with E-state index < -0.39 is 0 Å². The van der Waals surface area contributed by atoms with E-state index in [-0.39, 0.29) is 5.91 Å². The van der Waals surface area contributed by atoms with Gasteiger partial charge < -0.3 is 9.80 Å². The molecule has 0 atom stereocenters. The number of anilines is 1. The number of hydrogen-bond donors (Lipinski definition) is 0. The fourth-order valence-electron chi connectivity index (χ4n) is 4.24. The molecule has 0 N–H and O–H groups in total. The number of aryl methyl sites for hydroxylation is 1. The lowest BCUT2D eigenvalue weighted by Gasteiger charge is -2.35. The number of nitrogens with zero attached hydrogens (tertiary/aromatic N) is 4. The molecule has 1 amide bonds. The van der Waals surface area contributed by atoms with Gasteiger partial charge in [-0.15, -0.1) is 0 Å². The lowest BCUT2D eigenvalue weighted by atomic mass is 10.0. The van der Waals surface area contributed by atoms with Crippen molar-refractivity contribution in [3.05, 3.63) is 59.3 Å².